The summed E-state index contributed by atoms with van der Waals surface area (Å²) in [6.07, 6.45) is 28.9. The maximum absolute atomic E-state index is 11.6. The first-order chi connectivity index (χ1) is 20.9. The molecule has 2 heterocycles. The Hall–Kier alpha value is -0.950. The maximum Gasteiger partial charge on any atom is 0.334 e. The van der Waals surface area contributed by atoms with Gasteiger partial charge >= 0.3 is 5.97 Å². The number of hydrogen-bond acceptors (Lipinski definition) is 6. The smallest absolute Gasteiger partial charge is 0.334 e. The van der Waals surface area contributed by atoms with E-state index in [1.165, 1.54) is 103 Å². The van der Waals surface area contributed by atoms with Crippen molar-refractivity contribution in [1.29, 1.82) is 0 Å². The molecule has 0 aromatic rings. The summed E-state index contributed by atoms with van der Waals surface area (Å²) in [5.74, 6) is -0.127. The van der Waals surface area contributed by atoms with Crippen molar-refractivity contribution in [3.05, 3.63) is 11.6 Å². The number of rotatable bonds is 28. The quantitative estimate of drug-likeness (QED) is 0.0606. The minimum atomic E-state index is -0.656. The second-order valence-corrected chi connectivity index (χ2v) is 13.7. The van der Waals surface area contributed by atoms with Gasteiger partial charge in [-0.05, 0) is 51.5 Å². The Balaban J connectivity index is 1.37. The van der Waals surface area contributed by atoms with E-state index in [9.17, 15) is 20.1 Å². The summed E-state index contributed by atoms with van der Waals surface area (Å²) in [6.45, 7) is 4.17. The largest absolute Gasteiger partial charge is 0.455 e. The van der Waals surface area contributed by atoms with Gasteiger partial charge in [-0.3, -0.25) is 0 Å². The molecule has 0 saturated carbocycles. The lowest BCUT2D eigenvalue weighted by molar-refractivity contribution is -0.139. The molecular weight excluding hydrogens is 540 g/mol. The van der Waals surface area contributed by atoms with Crippen molar-refractivity contribution in [2.75, 3.05) is 0 Å². The van der Waals surface area contributed by atoms with Crippen molar-refractivity contribution in [1.82, 2.24) is 0 Å². The lowest BCUT2D eigenvalue weighted by Crippen LogP contribution is -2.33. The second-order valence-electron chi connectivity index (χ2n) is 13.7. The molecule has 0 unspecified atom stereocenters. The summed E-state index contributed by atoms with van der Waals surface area (Å²) in [5.41, 5.74) is 0.859. The van der Waals surface area contributed by atoms with Gasteiger partial charge in [0.2, 0.25) is 0 Å². The zero-order valence-electron chi connectivity index (χ0n) is 28.0. The Labute approximate surface area is 264 Å². The summed E-state index contributed by atoms with van der Waals surface area (Å²) < 4.78 is 11.2. The number of carbonyl (C=O) groups excluding carboxylic acids is 1. The summed E-state index contributed by atoms with van der Waals surface area (Å²) in [6, 6.07) is 0. The van der Waals surface area contributed by atoms with Crippen LogP contribution in [0.3, 0.4) is 0 Å². The van der Waals surface area contributed by atoms with Crippen LogP contribution in [0.5, 0.6) is 0 Å². The van der Waals surface area contributed by atoms with E-state index in [0.29, 0.717) is 6.42 Å². The molecule has 252 valence electrons. The Bertz CT molecular complexity index is 724. The molecule has 2 aliphatic rings. The first-order valence-electron chi connectivity index (χ1n) is 18.5. The van der Waals surface area contributed by atoms with Gasteiger partial charge in [-0.1, -0.05) is 129 Å². The molecule has 6 nitrogen and oxygen atoms in total. The fourth-order valence-electron chi connectivity index (χ4n) is 6.76. The van der Waals surface area contributed by atoms with Crippen LogP contribution < -0.4 is 0 Å². The first-order valence-corrected chi connectivity index (χ1v) is 18.5. The highest BCUT2D eigenvalue weighted by Crippen LogP contribution is 2.28. The summed E-state index contributed by atoms with van der Waals surface area (Å²) >= 11 is 0. The molecule has 3 N–H and O–H groups in total. The fourth-order valence-corrected chi connectivity index (χ4v) is 6.76. The van der Waals surface area contributed by atoms with E-state index in [0.717, 1.165) is 63.4 Å². The van der Waals surface area contributed by atoms with Crippen molar-refractivity contribution in [2.45, 2.75) is 217 Å². The maximum atomic E-state index is 11.6. The van der Waals surface area contributed by atoms with Gasteiger partial charge in [0.05, 0.1) is 30.5 Å². The van der Waals surface area contributed by atoms with Gasteiger partial charge in [-0.2, -0.15) is 0 Å². The van der Waals surface area contributed by atoms with Crippen LogP contribution in [-0.4, -0.2) is 57.9 Å². The lowest BCUT2D eigenvalue weighted by atomic mass is 9.98. The Morgan fingerprint density at radius 3 is 1.65 bits per heavy atom. The van der Waals surface area contributed by atoms with Gasteiger partial charge in [-0.25, -0.2) is 4.79 Å². The number of carbonyl (C=O) groups is 1. The number of aliphatic hydroxyl groups excluding tert-OH is 3. The average molecular weight is 609 g/mol. The van der Waals surface area contributed by atoms with E-state index in [1.807, 2.05) is 13.0 Å². The summed E-state index contributed by atoms with van der Waals surface area (Å²) in [7, 11) is 0. The molecule has 1 fully saturated rings. The molecule has 2 aliphatic heterocycles. The predicted octanol–water partition coefficient (Wildman–Crippen LogP) is 8.87. The van der Waals surface area contributed by atoms with Crippen LogP contribution in [0.4, 0.5) is 0 Å². The van der Waals surface area contributed by atoms with E-state index >= 15 is 0 Å². The van der Waals surface area contributed by atoms with E-state index in [1.54, 1.807) is 0 Å². The van der Waals surface area contributed by atoms with Crippen molar-refractivity contribution in [3.63, 3.8) is 0 Å². The highest BCUT2D eigenvalue weighted by molar-refractivity contribution is 5.90. The number of ether oxygens (including phenoxy) is 2. The molecule has 0 aromatic carbocycles. The predicted molar refractivity (Wildman–Crippen MR) is 176 cm³/mol. The first kappa shape index (κ1) is 38.2. The average Bonchev–Trinajstić information content (AvgIpc) is 3.60. The number of hydrogen-bond donors (Lipinski definition) is 3. The van der Waals surface area contributed by atoms with Gasteiger partial charge in [0, 0.05) is 12.0 Å². The van der Waals surface area contributed by atoms with Crippen LogP contribution >= 0.6 is 0 Å². The van der Waals surface area contributed by atoms with Crippen molar-refractivity contribution in [3.8, 4) is 0 Å². The molecule has 1 saturated heterocycles. The van der Waals surface area contributed by atoms with E-state index in [2.05, 4.69) is 6.92 Å². The molecule has 6 atom stereocenters. The van der Waals surface area contributed by atoms with Crippen molar-refractivity contribution in [2.24, 2.45) is 0 Å². The second kappa shape index (κ2) is 24.3. The standard InChI is InChI=1S/C37H68O6/c1-3-4-5-6-7-8-13-16-19-22-25-33(39)35-26-27-36(43-35)34(40)29-32(38)24-21-18-15-12-10-9-11-14-17-20-23-31-28-30(2)42-37(31)41/h28,30,32-36,38-40H,3-27,29H2,1-2H3/t30-,32+,33-,34+,35-,36+/m0/s1. The molecule has 0 bridgehead atoms. The molecule has 0 spiro atoms. The zero-order chi connectivity index (χ0) is 31.1. The number of unbranched alkanes of at least 4 members (excludes halogenated alkanes) is 18. The van der Waals surface area contributed by atoms with Crippen molar-refractivity contribution >= 4 is 5.97 Å². The van der Waals surface area contributed by atoms with E-state index in [4.69, 9.17) is 9.47 Å². The highest BCUT2D eigenvalue weighted by Gasteiger charge is 2.35. The highest BCUT2D eigenvalue weighted by atomic mass is 16.5. The normalized spacial score (nSPS) is 22.5. The van der Waals surface area contributed by atoms with Crippen LogP contribution in [0.25, 0.3) is 0 Å². The molecule has 2 rings (SSSR count). The minimum Gasteiger partial charge on any atom is -0.455 e. The topological polar surface area (TPSA) is 96.2 Å². The minimum absolute atomic E-state index is 0.0542. The van der Waals surface area contributed by atoms with Crippen LogP contribution in [0.15, 0.2) is 11.6 Å². The third-order valence-corrected chi connectivity index (χ3v) is 9.54. The number of cyclic esters (lactones) is 1. The Morgan fingerprint density at radius 1 is 0.674 bits per heavy atom. The molecule has 6 heteroatoms. The van der Waals surface area contributed by atoms with Gasteiger partial charge in [0.25, 0.3) is 0 Å². The van der Waals surface area contributed by atoms with Gasteiger partial charge in [0.15, 0.2) is 0 Å². The third-order valence-electron chi connectivity index (χ3n) is 9.54. The lowest BCUT2D eigenvalue weighted by Gasteiger charge is -2.23. The van der Waals surface area contributed by atoms with Gasteiger partial charge < -0.3 is 24.8 Å². The number of esters is 1. The number of aliphatic hydroxyl groups is 3. The van der Waals surface area contributed by atoms with Crippen LogP contribution in [0.1, 0.15) is 181 Å². The van der Waals surface area contributed by atoms with E-state index in [-0.39, 0.29) is 24.3 Å². The Morgan fingerprint density at radius 2 is 1.14 bits per heavy atom. The Kier molecular flexibility index (Phi) is 21.6. The molecule has 43 heavy (non-hydrogen) atoms. The van der Waals surface area contributed by atoms with Crippen LogP contribution in [0.2, 0.25) is 0 Å². The van der Waals surface area contributed by atoms with Gasteiger partial charge in [-0.15, -0.1) is 0 Å². The van der Waals surface area contributed by atoms with Crippen LogP contribution in [-0.2, 0) is 14.3 Å². The monoisotopic (exact) mass is 609 g/mol. The molecule has 0 aromatic heterocycles. The summed E-state index contributed by atoms with van der Waals surface area (Å²) in [5, 5.41) is 31.7. The molecule has 0 aliphatic carbocycles. The molecule has 0 radical (unpaired) electrons. The SMILES string of the molecule is CCCCCCCCCCCC[C@H](O)[C@@H]1CC[C@H]([C@H](O)C[C@H](O)CCCCCCCCCCCCC2=C[C@H](C)OC2=O)O1. The fraction of sp³-hybridized carbons (Fsp3) is 0.919. The zero-order valence-corrected chi connectivity index (χ0v) is 28.0. The van der Waals surface area contributed by atoms with Gasteiger partial charge in [0.1, 0.15) is 6.10 Å². The van der Waals surface area contributed by atoms with Crippen molar-refractivity contribution < 1.29 is 29.6 Å². The summed E-state index contributed by atoms with van der Waals surface area (Å²) in [4.78, 5) is 11.6. The van der Waals surface area contributed by atoms with E-state index < -0.39 is 18.3 Å². The van der Waals surface area contributed by atoms with Crippen LogP contribution in [0, 0.1) is 0 Å². The third kappa shape index (κ3) is 18.0. The molecule has 0 amide bonds. The molecular formula is C37H68O6.